The quantitative estimate of drug-likeness (QED) is 0.700. The van der Waals surface area contributed by atoms with Crippen molar-refractivity contribution in [3.63, 3.8) is 0 Å². The van der Waals surface area contributed by atoms with Crippen molar-refractivity contribution in [1.29, 1.82) is 0 Å². The zero-order valence-electron chi connectivity index (χ0n) is 16.6. The molecule has 2 N–H and O–H groups in total. The Morgan fingerprint density at radius 1 is 1.13 bits per heavy atom. The van der Waals surface area contributed by atoms with E-state index in [0.717, 1.165) is 61.9 Å². The Hall–Kier alpha value is -3.45. The lowest BCUT2D eigenvalue weighted by Gasteiger charge is -2.30. The molecule has 0 unspecified atom stereocenters. The Morgan fingerprint density at radius 2 is 2.03 bits per heavy atom. The summed E-state index contributed by atoms with van der Waals surface area (Å²) >= 11 is 0. The Bertz CT molecular complexity index is 1080. The number of hydrogen-bond donors (Lipinski definition) is 2. The van der Waals surface area contributed by atoms with E-state index < -0.39 is 0 Å². The first-order chi connectivity index (χ1) is 14.8. The second kappa shape index (κ2) is 8.12. The summed E-state index contributed by atoms with van der Waals surface area (Å²) in [6.45, 7) is 4.34. The third kappa shape index (κ3) is 3.71. The first-order valence-corrected chi connectivity index (χ1v) is 10.2. The van der Waals surface area contributed by atoms with Crippen LogP contribution in [0.1, 0.15) is 16.1 Å². The van der Waals surface area contributed by atoms with Gasteiger partial charge in [-0.2, -0.15) is 0 Å². The van der Waals surface area contributed by atoms with Crippen LogP contribution in [0.3, 0.4) is 0 Å². The van der Waals surface area contributed by atoms with Crippen molar-refractivity contribution in [2.24, 2.45) is 0 Å². The van der Waals surface area contributed by atoms with Crippen molar-refractivity contribution in [2.45, 2.75) is 6.42 Å². The Morgan fingerprint density at radius 3 is 2.93 bits per heavy atom. The van der Waals surface area contributed by atoms with Crippen LogP contribution in [0, 0.1) is 0 Å². The van der Waals surface area contributed by atoms with Crippen molar-refractivity contribution >= 4 is 17.3 Å². The molecule has 7 nitrogen and oxygen atoms in total. The number of piperazine rings is 1. The minimum Gasteiger partial charge on any atom is -0.493 e. The van der Waals surface area contributed by atoms with Crippen LogP contribution in [0.5, 0.6) is 5.75 Å². The summed E-state index contributed by atoms with van der Waals surface area (Å²) in [5.41, 5.74) is 4.94. The summed E-state index contributed by atoms with van der Waals surface area (Å²) in [4.78, 5) is 24.0. The number of nitrogens with zero attached hydrogens (tertiary/aromatic N) is 3. The fraction of sp³-hybridized carbons (Fsp3) is 0.261. The number of ether oxygens (including phenoxy) is 1. The van der Waals surface area contributed by atoms with Gasteiger partial charge < -0.3 is 20.3 Å². The van der Waals surface area contributed by atoms with E-state index >= 15 is 0 Å². The molecule has 0 bridgehead atoms. The summed E-state index contributed by atoms with van der Waals surface area (Å²) in [6.07, 6.45) is 4.38. The highest BCUT2D eigenvalue weighted by Crippen LogP contribution is 2.30. The maximum atomic E-state index is 13.0. The van der Waals surface area contributed by atoms with E-state index in [4.69, 9.17) is 4.74 Å². The maximum absolute atomic E-state index is 13.0. The zero-order valence-corrected chi connectivity index (χ0v) is 16.6. The van der Waals surface area contributed by atoms with Gasteiger partial charge >= 0.3 is 0 Å². The van der Waals surface area contributed by atoms with Crippen molar-refractivity contribution in [3.8, 4) is 17.0 Å². The summed E-state index contributed by atoms with van der Waals surface area (Å²) in [5.74, 6) is 0.652. The van der Waals surface area contributed by atoms with Gasteiger partial charge in [0.25, 0.3) is 5.91 Å². The minimum absolute atomic E-state index is 0.251. The second-order valence-electron chi connectivity index (χ2n) is 7.41. The standard InChI is InChI=1S/C23H23N5O2/c29-23(27-20-15-25-8-6-21(20)28-11-9-24-10-12-28)19-3-1-2-18(26-19)17-5-4-16-7-13-30-22(16)14-17/h1-6,8,14-15,24H,7,9-13H2,(H,27,29). The fourth-order valence-corrected chi connectivity index (χ4v) is 3.90. The van der Waals surface area contributed by atoms with Gasteiger partial charge in [0.05, 0.1) is 29.9 Å². The van der Waals surface area contributed by atoms with Crippen LogP contribution in [0.4, 0.5) is 11.4 Å². The van der Waals surface area contributed by atoms with Crippen LogP contribution in [0.2, 0.25) is 0 Å². The van der Waals surface area contributed by atoms with Gasteiger partial charge in [-0.25, -0.2) is 4.98 Å². The van der Waals surface area contributed by atoms with Gasteiger partial charge in [-0.3, -0.25) is 9.78 Å². The van der Waals surface area contributed by atoms with E-state index in [2.05, 4.69) is 31.6 Å². The van der Waals surface area contributed by atoms with E-state index in [-0.39, 0.29) is 5.91 Å². The molecule has 0 atom stereocenters. The van der Waals surface area contributed by atoms with Gasteiger partial charge in [0, 0.05) is 44.4 Å². The smallest absolute Gasteiger partial charge is 0.274 e. The zero-order chi connectivity index (χ0) is 20.3. The Balaban J connectivity index is 1.38. The first kappa shape index (κ1) is 18.6. The highest BCUT2D eigenvalue weighted by atomic mass is 16.5. The van der Waals surface area contributed by atoms with Crippen molar-refractivity contribution in [1.82, 2.24) is 15.3 Å². The second-order valence-corrected chi connectivity index (χ2v) is 7.41. The molecular formula is C23H23N5O2. The van der Waals surface area contributed by atoms with E-state index in [9.17, 15) is 4.79 Å². The summed E-state index contributed by atoms with van der Waals surface area (Å²) in [7, 11) is 0. The number of fused-ring (bicyclic) bond motifs is 1. The van der Waals surface area contributed by atoms with Crippen molar-refractivity contribution in [2.75, 3.05) is 43.0 Å². The average molecular weight is 401 g/mol. The number of benzene rings is 1. The average Bonchev–Trinajstić information content (AvgIpc) is 3.28. The molecule has 1 fully saturated rings. The molecule has 1 aromatic carbocycles. The first-order valence-electron chi connectivity index (χ1n) is 10.2. The van der Waals surface area contributed by atoms with Gasteiger partial charge in [-0.1, -0.05) is 18.2 Å². The number of carbonyl (C=O) groups excluding carboxylic acids is 1. The molecule has 0 saturated carbocycles. The normalized spacial score (nSPS) is 15.4. The topological polar surface area (TPSA) is 79.4 Å². The molecule has 1 saturated heterocycles. The van der Waals surface area contributed by atoms with Crippen LogP contribution < -0.4 is 20.3 Å². The van der Waals surface area contributed by atoms with Crippen LogP contribution in [0.25, 0.3) is 11.3 Å². The molecule has 0 radical (unpaired) electrons. The monoisotopic (exact) mass is 401 g/mol. The van der Waals surface area contributed by atoms with E-state index in [1.54, 1.807) is 18.5 Å². The van der Waals surface area contributed by atoms with Gasteiger partial charge in [-0.05, 0) is 29.8 Å². The molecule has 0 spiro atoms. The Labute approximate surface area is 175 Å². The molecule has 30 heavy (non-hydrogen) atoms. The lowest BCUT2D eigenvalue weighted by Crippen LogP contribution is -2.43. The minimum atomic E-state index is -0.251. The van der Waals surface area contributed by atoms with Crippen LogP contribution in [0.15, 0.2) is 54.9 Å². The van der Waals surface area contributed by atoms with Gasteiger partial charge in [0.15, 0.2) is 0 Å². The number of pyridine rings is 2. The predicted molar refractivity (Wildman–Crippen MR) is 116 cm³/mol. The van der Waals surface area contributed by atoms with Crippen molar-refractivity contribution in [3.05, 3.63) is 66.1 Å². The molecule has 2 aliphatic heterocycles. The molecule has 7 heteroatoms. The third-order valence-electron chi connectivity index (χ3n) is 5.48. The number of anilines is 2. The van der Waals surface area contributed by atoms with Gasteiger partial charge in [-0.15, -0.1) is 0 Å². The number of rotatable bonds is 4. The lowest BCUT2D eigenvalue weighted by atomic mass is 10.1. The number of carbonyl (C=O) groups is 1. The summed E-state index contributed by atoms with van der Waals surface area (Å²) in [5, 5.41) is 6.34. The highest BCUT2D eigenvalue weighted by Gasteiger charge is 2.18. The highest BCUT2D eigenvalue weighted by molar-refractivity contribution is 6.04. The van der Waals surface area contributed by atoms with Crippen LogP contribution >= 0.6 is 0 Å². The molecule has 152 valence electrons. The lowest BCUT2D eigenvalue weighted by molar-refractivity contribution is 0.102. The van der Waals surface area contributed by atoms with Crippen LogP contribution in [-0.2, 0) is 6.42 Å². The molecule has 3 aromatic rings. The maximum Gasteiger partial charge on any atom is 0.274 e. The van der Waals surface area contributed by atoms with Crippen molar-refractivity contribution < 1.29 is 9.53 Å². The number of nitrogens with one attached hydrogen (secondary N) is 2. The number of amides is 1. The molecule has 4 heterocycles. The SMILES string of the molecule is O=C(Nc1cnccc1N1CCNCC1)c1cccc(-c2ccc3c(c2)OCC3)n1. The van der Waals surface area contributed by atoms with Crippen LogP contribution in [-0.4, -0.2) is 48.7 Å². The molecule has 0 aliphatic carbocycles. The van der Waals surface area contributed by atoms with E-state index in [1.807, 2.05) is 30.3 Å². The number of aromatic nitrogens is 2. The summed E-state index contributed by atoms with van der Waals surface area (Å²) in [6, 6.07) is 13.5. The largest absolute Gasteiger partial charge is 0.493 e. The molecule has 5 rings (SSSR count). The molecule has 1 amide bonds. The van der Waals surface area contributed by atoms with E-state index in [0.29, 0.717) is 11.4 Å². The predicted octanol–water partition coefficient (Wildman–Crippen LogP) is 2.74. The number of hydrogen-bond acceptors (Lipinski definition) is 6. The van der Waals surface area contributed by atoms with E-state index in [1.165, 1.54) is 5.56 Å². The van der Waals surface area contributed by atoms with Gasteiger partial charge in [0.2, 0.25) is 0 Å². The fourth-order valence-electron chi connectivity index (χ4n) is 3.90. The molecule has 2 aromatic heterocycles. The molecule has 2 aliphatic rings. The Kier molecular flexibility index (Phi) is 5.03. The van der Waals surface area contributed by atoms with Gasteiger partial charge in [0.1, 0.15) is 11.4 Å². The summed E-state index contributed by atoms with van der Waals surface area (Å²) < 4.78 is 5.66. The third-order valence-corrected chi connectivity index (χ3v) is 5.48. The molecular weight excluding hydrogens is 378 g/mol.